The topological polar surface area (TPSA) is 143 Å². The van der Waals surface area contributed by atoms with Crippen molar-refractivity contribution in [3.8, 4) is 16.8 Å². The number of hydrogen-bond acceptors (Lipinski definition) is 9. The smallest absolute Gasteiger partial charge is 0.329 e. The van der Waals surface area contributed by atoms with Gasteiger partial charge in [0, 0.05) is 62.4 Å². The van der Waals surface area contributed by atoms with Crippen molar-refractivity contribution in [1.82, 2.24) is 24.4 Å². The highest BCUT2D eigenvalue weighted by Crippen LogP contribution is 2.36. The number of sulfonamides is 1. The Balaban J connectivity index is 1.46. The average Bonchev–Trinajstić information content (AvgIpc) is 3.39. The fourth-order valence-electron chi connectivity index (χ4n) is 5.52. The predicted molar refractivity (Wildman–Crippen MR) is 166 cm³/mol. The van der Waals surface area contributed by atoms with E-state index >= 15 is 8.78 Å². The summed E-state index contributed by atoms with van der Waals surface area (Å²) in [5.41, 5.74) is 1.23. The number of aromatic nitrogens is 4. The van der Waals surface area contributed by atoms with Gasteiger partial charge in [-0.15, -0.1) is 0 Å². The lowest BCUT2D eigenvalue weighted by molar-refractivity contribution is -0.142. The number of benzene rings is 1. The highest BCUT2D eigenvalue weighted by molar-refractivity contribution is 7.92. The summed E-state index contributed by atoms with van der Waals surface area (Å²) in [5.74, 6) is -2.45. The Labute approximate surface area is 259 Å². The van der Waals surface area contributed by atoms with Crippen LogP contribution < -0.4 is 9.62 Å². The van der Waals surface area contributed by atoms with E-state index in [1.165, 1.54) is 10.9 Å². The van der Waals surface area contributed by atoms with E-state index in [2.05, 4.69) is 24.5 Å². The third-order valence-corrected chi connectivity index (χ3v) is 9.27. The molecule has 1 aliphatic rings. The van der Waals surface area contributed by atoms with Crippen LogP contribution in [0.5, 0.6) is 0 Å². The molecule has 0 atom stereocenters. The fraction of sp³-hybridized carbons (Fsp3) is 0.400. The molecular formula is C30H35F2N7O5S. The van der Waals surface area contributed by atoms with Crippen LogP contribution in [-0.2, 0) is 19.6 Å². The first kappa shape index (κ1) is 32.2. The SMILES string of the molecule is CCCS(=O)(=O)Nc1ccc(F)c(-n2cc(-c3cncnc3)c3nc(N(C)C4CCN(CCOCC(=O)O)CC4)ccc32)c1F. The number of carboxylic acids is 1. The lowest BCUT2D eigenvalue weighted by Crippen LogP contribution is -2.44. The van der Waals surface area contributed by atoms with E-state index < -0.39 is 33.3 Å². The Kier molecular flexibility index (Phi) is 9.90. The number of aliphatic carboxylic acids is 1. The minimum absolute atomic E-state index is 0.180. The molecule has 4 heterocycles. The van der Waals surface area contributed by atoms with Crippen molar-refractivity contribution >= 4 is 38.5 Å². The average molecular weight is 644 g/mol. The van der Waals surface area contributed by atoms with E-state index in [0.717, 1.165) is 38.1 Å². The monoisotopic (exact) mass is 643 g/mol. The van der Waals surface area contributed by atoms with Gasteiger partial charge in [-0.2, -0.15) is 0 Å². The first-order chi connectivity index (χ1) is 21.6. The van der Waals surface area contributed by atoms with Gasteiger partial charge in [0.05, 0.1) is 29.1 Å². The van der Waals surface area contributed by atoms with E-state index in [1.807, 2.05) is 7.05 Å². The molecule has 45 heavy (non-hydrogen) atoms. The van der Waals surface area contributed by atoms with Crippen LogP contribution >= 0.6 is 0 Å². The second-order valence-corrected chi connectivity index (χ2v) is 12.7. The molecule has 0 aliphatic carbocycles. The lowest BCUT2D eigenvalue weighted by Gasteiger charge is -2.37. The van der Waals surface area contributed by atoms with Crippen LogP contribution in [0.2, 0.25) is 0 Å². The van der Waals surface area contributed by atoms with Crippen molar-refractivity contribution in [2.45, 2.75) is 32.2 Å². The number of rotatable bonds is 13. The van der Waals surface area contributed by atoms with E-state index in [0.29, 0.717) is 47.6 Å². The van der Waals surface area contributed by atoms with Crippen molar-refractivity contribution in [2.24, 2.45) is 0 Å². The number of pyridine rings is 1. The number of hydrogen-bond donors (Lipinski definition) is 2. The molecule has 0 saturated carbocycles. The highest BCUT2D eigenvalue weighted by atomic mass is 32.2. The summed E-state index contributed by atoms with van der Waals surface area (Å²) in [6.07, 6.45) is 8.15. The minimum atomic E-state index is -3.82. The summed E-state index contributed by atoms with van der Waals surface area (Å²) < 4.78 is 64.7. The molecule has 2 N–H and O–H groups in total. The molecule has 0 spiro atoms. The summed E-state index contributed by atoms with van der Waals surface area (Å²) in [5, 5.41) is 8.74. The van der Waals surface area contributed by atoms with E-state index in [-0.39, 0.29) is 24.1 Å². The van der Waals surface area contributed by atoms with Crippen LogP contribution in [0.3, 0.4) is 0 Å². The Morgan fingerprint density at radius 2 is 1.89 bits per heavy atom. The standard InChI is InChI=1S/C30H35F2N7O5S/c1-3-14-45(42,43)36-24-5-4-23(31)30(28(24)32)39-17-22(20-15-33-19-34-16-20)29-25(39)6-7-26(35-29)37(2)21-8-10-38(11-9-21)12-13-44-18-27(40)41/h4-7,15-17,19,21,36H,3,8-14,18H2,1-2H3,(H,40,41). The molecule has 0 amide bonds. The number of carboxylic acid groups (broad SMARTS) is 1. The number of nitrogens with zero attached hydrogens (tertiary/aromatic N) is 6. The Morgan fingerprint density at radius 3 is 2.58 bits per heavy atom. The molecule has 1 fully saturated rings. The molecule has 0 unspecified atom stereocenters. The first-order valence-electron chi connectivity index (χ1n) is 14.6. The second-order valence-electron chi connectivity index (χ2n) is 10.9. The number of nitrogens with one attached hydrogen (secondary N) is 1. The van der Waals surface area contributed by atoms with Crippen LogP contribution in [0.25, 0.3) is 27.8 Å². The summed E-state index contributed by atoms with van der Waals surface area (Å²) in [4.78, 5) is 28.1. The maximum absolute atomic E-state index is 15.9. The molecule has 1 saturated heterocycles. The summed E-state index contributed by atoms with van der Waals surface area (Å²) in [6.45, 7) is 4.01. The maximum Gasteiger partial charge on any atom is 0.329 e. The highest BCUT2D eigenvalue weighted by Gasteiger charge is 2.26. The zero-order valence-corrected chi connectivity index (χ0v) is 25.8. The number of piperidine rings is 1. The normalized spacial score (nSPS) is 14.6. The summed E-state index contributed by atoms with van der Waals surface area (Å²) in [6, 6.07) is 5.81. The number of likely N-dealkylation sites (tertiary alicyclic amines) is 1. The first-order valence-corrected chi connectivity index (χ1v) is 16.2. The molecule has 3 aromatic heterocycles. The van der Waals surface area contributed by atoms with Gasteiger partial charge < -0.3 is 24.2 Å². The molecule has 15 heteroatoms. The van der Waals surface area contributed by atoms with Gasteiger partial charge in [0.2, 0.25) is 10.0 Å². The van der Waals surface area contributed by atoms with Gasteiger partial charge in [-0.3, -0.25) is 4.72 Å². The molecule has 5 rings (SSSR count). The molecule has 0 radical (unpaired) electrons. The van der Waals surface area contributed by atoms with Gasteiger partial charge >= 0.3 is 5.97 Å². The quantitative estimate of drug-likeness (QED) is 0.206. The van der Waals surface area contributed by atoms with Crippen LogP contribution in [0, 0.1) is 11.6 Å². The number of halogens is 2. The number of ether oxygens (including phenoxy) is 1. The third kappa shape index (κ3) is 7.37. The molecule has 0 bridgehead atoms. The van der Waals surface area contributed by atoms with Crippen molar-refractivity contribution in [3.63, 3.8) is 0 Å². The van der Waals surface area contributed by atoms with E-state index in [1.54, 1.807) is 37.6 Å². The largest absolute Gasteiger partial charge is 0.480 e. The summed E-state index contributed by atoms with van der Waals surface area (Å²) >= 11 is 0. The Bertz CT molecular complexity index is 1760. The number of fused-ring (bicyclic) bond motifs is 1. The molecule has 240 valence electrons. The minimum Gasteiger partial charge on any atom is -0.480 e. The zero-order valence-electron chi connectivity index (χ0n) is 25.0. The van der Waals surface area contributed by atoms with Crippen LogP contribution in [0.15, 0.2) is 49.2 Å². The Morgan fingerprint density at radius 1 is 1.16 bits per heavy atom. The lowest BCUT2D eigenvalue weighted by atomic mass is 10.0. The molecule has 1 aromatic carbocycles. The summed E-state index contributed by atoms with van der Waals surface area (Å²) in [7, 11) is -1.87. The molecule has 1 aliphatic heterocycles. The van der Waals surface area contributed by atoms with Crippen molar-refractivity contribution in [1.29, 1.82) is 0 Å². The second kappa shape index (κ2) is 13.8. The van der Waals surface area contributed by atoms with Gasteiger partial charge in [0.15, 0.2) is 5.82 Å². The molecule has 12 nitrogen and oxygen atoms in total. The molecular weight excluding hydrogens is 608 g/mol. The third-order valence-electron chi connectivity index (χ3n) is 7.79. The van der Waals surface area contributed by atoms with E-state index in [4.69, 9.17) is 14.8 Å². The number of carbonyl (C=O) groups is 1. The van der Waals surface area contributed by atoms with Gasteiger partial charge in [0.25, 0.3) is 0 Å². The van der Waals surface area contributed by atoms with Crippen LogP contribution in [0.4, 0.5) is 20.3 Å². The zero-order chi connectivity index (χ0) is 32.1. The van der Waals surface area contributed by atoms with E-state index in [9.17, 15) is 13.2 Å². The maximum atomic E-state index is 15.9. The van der Waals surface area contributed by atoms with Gasteiger partial charge in [-0.25, -0.2) is 36.9 Å². The Hall–Kier alpha value is -4.21. The van der Waals surface area contributed by atoms with Crippen LogP contribution in [-0.4, -0.2) is 95.6 Å². The van der Waals surface area contributed by atoms with Gasteiger partial charge in [0.1, 0.15) is 30.3 Å². The fourth-order valence-corrected chi connectivity index (χ4v) is 6.66. The molecule has 4 aromatic rings. The van der Waals surface area contributed by atoms with Crippen molar-refractivity contribution in [3.05, 3.63) is 60.8 Å². The van der Waals surface area contributed by atoms with Gasteiger partial charge in [-0.1, -0.05) is 6.92 Å². The van der Waals surface area contributed by atoms with Crippen LogP contribution in [0.1, 0.15) is 26.2 Å². The number of anilines is 2. The van der Waals surface area contributed by atoms with Crippen molar-refractivity contribution < 1.29 is 31.8 Å². The van der Waals surface area contributed by atoms with Crippen molar-refractivity contribution in [2.75, 3.05) is 55.3 Å². The van der Waals surface area contributed by atoms with Gasteiger partial charge in [-0.05, 0) is 43.5 Å². The predicted octanol–water partition coefficient (Wildman–Crippen LogP) is 3.91.